The summed E-state index contributed by atoms with van der Waals surface area (Å²) in [6.45, 7) is 4.37. The highest BCUT2D eigenvalue weighted by Gasteiger charge is 2.14. The van der Waals surface area contributed by atoms with Crippen LogP contribution < -0.4 is 5.32 Å². The average Bonchev–Trinajstić information content (AvgIpc) is 3.26. The Labute approximate surface area is 164 Å². The lowest BCUT2D eigenvalue weighted by Crippen LogP contribution is -2.14. The Bertz CT molecular complexity index is 877. The molecule has 0 atom stereocenters. The molecule has 0 unspecified atom stereocenters. The number of thioether (sulfide) groups is 1. The van der Waals surface area contributed by atoms with Crippen molar-refractivity contribution in [3.05, 3.63) is 64.9 Å². The summed E-state index contributed by atoms with van der Waals surface area (Å²) in [5, 5.41) is 15.0. The molecule has 0 saturated heterocycles. The summed E-state index contributed by atoms with van der Waals surface area (Å²) >= 11 is 8.65. The van der Waals surface area contributed by atoms with Crippen LogP contribution >= 0.6 is 34.7 Å². The molecule has 1 aromatic carbocycles. The molecular weight excluding hydrogens is 390 g/mol. The first kappa shape index (κ1) is 18.6. The Balaban J connectivity index is 1.67. The van der Waals surface area contributed by atoms with Crippen LogP contribution in [0.4, 0.5) is 5.13 Å². The van der Waals surface area contributed by atoms with E-state index in [1.807, 2.05) is 34.2 Å². The van der Waals surface area contributed by atoms with Gasteiger partial charge in [-0.05, 0) is 17.7 Å². The first-order valence-corrected chi connectivity index (χ1v) is 9.99. The summed E-state index contributed by atoms with van der Waals surface area (Å²) in [5.41, 5.74) is 1.09. The van der Waals surface area contributed by atoms with Crippen molar-refractivity contribution in [1.29, 1.82) is 0 Å². The van der Waals surface area contributed by atoms with Crippen molar-refractivity contribution >= 4 is 45.7 Å². The van der Waals surface area contributed by atoms with Crippen molar-refractivity contribution in [2.24, 2.45) is 0 Å². The molecule has 2 aromatic heterocycles. The van der Waals surface area contributed by atoms with E-state index in [-0.39, 0.29) is 11.7 Å². The smallest absolute Gasteiger partial charge is 0.236 e. The van der Waals surface area contributed by atoms with Crippen LogP contribution in [-0.4, -0.2) is 31.4 Å². The van der Waals surface area contributed by atoms with Crippen LogP contribution in [0.2, 0.25) is 5.02 Å². The molecule has 0 aliphatic heterocycles. The second-order valence-electron chi connectivity index (χ2n) is 5.28. The fourth-order valence-electron chi connectivity index (χ4n) is 2.22. The minimum Gasteiger partial charge on any atom is -0.302 e. The quantitative estimate of drug-likeness (QED) is 0.454. The third-order valence-corrected chi connectivity index (χ3v) is 5.30. The maximum Gasteiger partial charge on any atom is 0.236 e. The number of hydrogen-bond donors (Lipinski definition) is 1. The van der Waals surface area contributed by atoms with Crippen molar-refractivity contribution in [3.63, 3.8) is 0 Å². The number of carbonyl (C=O) groups excluding carboxylic acids is 1. The molecule has 3 aromatic rings. The standard InChI is InChI=1S/C17H16ClN5OS2/c1-2-8-23-14(10-12-3-5-13(18)6-4-12)21-22-17(23)26-11-15(24)20-16-19-7-9-25-16/h2-7,9H,1,8,10-11H2,(H,19,20,24). The van der Waals surface area contributed by atoms with Gasteiger partial charge in [-0.25, -0.2) is 4.98 Å². The number of aromatic nitrogens is 4. The predicted molar refractivity (Wildman–Crippen MR) is 106 cm³/mol. The Hall–Kier alpha value is -2.16. The van der Waals surface area contributed by atoms with Crippen LogP contribution in [-0.2, 0) is 17.8 Å². The number of nitrogens with zero attached hydrogens (tertiary/aromatic N) is 4. The Morgan fingerprint density at radius 3 is 2.85 bits per heavy atom. The number of benzene rings is 1. The molecule has 0 fully saturated rings. The zero-order valence-electron chi connectivity index (χ0n) is 13.8. The fourth-order valence-corrected chi connectivity index (χ4v) is 3.66. The first-order valence-electron chi connectivity index (χ1n) is 7.75. The first-order chi connectivity index (χ1) is 12.7. The number of thiazole rings is 1. The van der Waals surface area contributed by atoms with Gasteiger partial charge in [0, 0.05) is 29.6 Å². The van der Waals surface area contributed by atoms with Crippen LogP contribution in [0.3, 0.4) is 0 Å². The molecule has 0 bridgehead atoms. The average molecular weight is 406 g/mol. The van der Waals surface area contributed by atoms with E-state index in [0.29, 0.717) is 28.3 Å². The minimum atomic E-state index is -0.127. The van der Waals surface area contributed by atoms with Crippen LogP contribution in [0.1, 0.15) is 11.4 Å². The molecule has 2 heterocycles. The number of allylic oxidation sites excluding steroid dienone is 1. The molecule has 1 amide bonds. The number of amides is 1. The second kappa shape index (κ2) is 8.98. The molecule has 1 N–H and O–H groups in total. The van der Waals surface area contributed by atoms with E-state index < -0.39 is 0 Å². The number of nitrogens with one attached hydrogen (secondary N) is 1. The molecule has 134 valence electrons. The predicted octanol–water partition coefficient (Wildman–Crippen LogP) is 3.90. The number of rotatable bonds is 8. The zero-order valence-corrected chi connectivity index (χ0v) is 16.2. The molecule has 6 nitrogen and oxygen atoms in total. The highest BCUT2D eigenvalue weighted by molar-refractivity contribution is 7.99. The molecule has 0 spiro atoms. The van der Waals surface area contributed by atoms with Gasteiger partial charge in [0.25, 0.3) is 0 Å². The topological polar surface area (TPSA) is 72.7 Å². The summed E-state index contributed by atoms with van der Waals surface area (Å²) in [7, 11) is 0. The van der Waals surface area contributed by atoms with Gasteiger partial charge in [0.05, 0.1) is 5.75 Å². The van der Waals surface area contributed by atoms with E-state index in [4.69, 9.17) is 11.6 Å². The van der Waals surface area contributed by atoms with Crippen molar-refractivity contribution in [1.82, 2.24) is 19.7 Å². The van der Waals surface area contributed by atoms with Crippen LogP contribution in [0.5, 0.6) is 0 Å². The van der Waals surface area contributed by atoms with Gasteiger partial charge < -0.3 is 9.88 Å². The Morgan fingerprint density at radius 1 is 1.35 bits per heavy atom. The van der Waals surface area contributed by atoms with E-state index in [2.05, 4.69) is 27.1 Å². The largest absolute Gasteiger partial charge is 0.302 e. The van der Waals surface area contributed by atoms with Crippen molar-refractivity contribution < 1.29 is 4.79 Å². The van der Waals surface area contributed by atoms with Gasteiger partial charge >= 0.3 is 0 Å². The van der Waals surface area contributed by atoms with Crippen LogP contribution in [0, 0.1) is 0 Å². The fraction of sp³-hybridized carbons (Fsp3) is 0.176. The van der Waals surface area contributed by atoms with E-state index in [1.54, 1.807) is 12.3 Å². The van der Waals surface area contributed by atoms with E-state index in [0.717, 1.165) is 11.4 Å². The molecule has 0 aliphatic rings. The molecule has 0 aliphatic carbocycles. The monoisotopic (exact) mass is 405 g/mol. The molecule has 3 rings (SSSR count). The SMILES string of the molecule is C=CCn1c(Cc2ccc(Cl)cc2)nnc1SCC(=O)Nc1nccs1. The second-order valence-corrected chi connectivity index (χ2v) is 7.55. The third-order valence-electron chi connectivity index (χ3n) is 3.39. The maximum atomic E-state index is 12.0. The van der Waals surface area contributed by atoms with Gasteiger partial charge in [0.15, 0.2) is 10.3 Å². The number of hydrogen-bond acceptors (Lipinski definition) is 6. The lowest BCUT2D eigenvalue weighted by molar-refractivity contribution is -0.113. The van der Waals surface area contributed by atoms with E-state index >= 15 is 0 Å². The van der Waals surface area contributed by atoms with E-state index in [9.17, 15) is 4.79 Å². The van der Waals surface area contributed by atoms with Gasteiger partial charge in [-0.3, -0.25) is 4.79 Å². The minimum absolute atomic E-state index is 0.127. The van der Waals surface area contributed by atoms with Crippen molar-refractivity contribution in [3.8, 4) is 0 Å². The van der Waals surface area contributed by atoms with Gasteiger partial charge in [-0.1, -0.05) is 41.6 Å². The van der Waals surface area contributed by atoms with Gasteiger partial charge in [-0.15, -0.1) is 28.1 Å². The van der Waals surface area contributed by atoms with Crippen molar-refractivity contribution in [2.45, 2.75) is 18.1 Å². The van der Waals surface area contributed by atoms with E-state index in [1.165, 1.54) is 23.1 Å². The van der Waals surface area contributed by atoms with Gasteiger partial charge in [0.1, 0.15) is 5.82 Å². The van der Waals surface area contributed by atoms with Crippen LogP contribution in [0.25, 0.3) is 0 Å². The van der Waals surface area contributed by atoms with Gasteiger partial charge in [-0.2, -0.15) is 0 Å². The lowest BCUT2D eigenvalue weighted by atomic mass is 10.1. The zero-order chi connectivity index (χ0) is 18.4. The number of carbonyl (C=O) groups is 1. The number of anilines is 1. The molecule has 9 heteroatoms. The summed E-state index contributed by atoms with van der Waals surface area (Å²) in [4.78, 5) is 16.1. The molecular formula is C17H16ClN5OS2. The van der Waals surface area contributed by atoms with Crippen LogP contribution in [0.15, 0.2) is 53.7 Å². The maximum absolute atomic E-state index is 12.0. The van der Waals surface area contributed by atoms with Gasteiger partial charge in [0.2, 0.25) is 5.91 Å². The lowest BCUT2D eigenvalue weighted by Gasteiger charge is -2.08. The normalized spacial score (nSPS) is 10.7. The van der Waals surface area contributed by atoms with Crippen molar-refractivity contribution in [2.75, 3.05) is 11.1 Å². The third kappa shape index (κ3) is 4.94. The summed E-state index contributed by atoms with van der Waals surface area (Å²) < 4.78 is 1.96. The highest BCUT2D eigenvalue weighted by atomic mass is 35.5. The number of halogens is 1. The molecule has 0 radical (unpaired) electrons. The summed E-state index contributed by atoms with van der Waals surface area (Å²) in [5.74, 6) is 0.919. The Morgan fingerprint density at radius 2 is 2.15 bits per heavy atom. The summed E-state index contributed by atoms with van der Waals surface area (Å²) in [6.07, 6.45) is 4.06. The molecule has 26 heavy (non-hydrogen) atoms. The summed E-state index contributed by atoms with van der Waals surface area (Å²) in [6, 6.07) is 7.63. The highest BCUT2D eigenvalue weighted by Crippen LogP contribution is 2.20. The molecule has 0 saturated carbocycles. The Kier molecular flexibility index (Phi) is 6.43.